The molecule has 4 aliphatic heterocycles. The van der Waals surface area contributed by atoms with Gasteiger partial charge in [0.2, 0.25) is 11.8 Å². The van der Waals surface area contributed by atoms with Crippen molar-refractivity contribution in [3.63, 3.8) is 0 Å². The Bertz CT molecular complexity index is 1390. The van der Waals surface area contributed by atoms with Gasteiger partial charge in [0.05, 0.1) is 39.6 Å². The van der Waals surface area contributed by atoms with Crippen LogP contribution in [0.15, 0.2) is 0 Å². The van der Waals surface area contributed by atoms with Crippen LogP contribution in [0.5, 0.6) is 0 Å². The zero-order valence-electron chi connectivity index (χ0n) is 33.3. The molecule has 4 rings (SSSR count). The molecular weight excluding hydrogens is 852 g/mol. The molecule has 18 N–H and O–H groups in total. The van der Waals surface area contributed by atoms with E-state index in [0.29, 0.717) is 0 Å². The van der Waals surface area contributed by atoms with E-state index in [2.05, 4.69) is 10.6 Å². The molecule has 2 amide bonds. The quantitative estimate of drug-likeness (QED) is 0.0572. The number of carbonyl (C=O) groups excluding carboxylic acids is 2. The highest BCUT2D eigenvalue weighted by molar-refractivity contribution is 5.73. The first kappa shape index (κ1) is 52.6. The van der Waals surface area contributed by atoms with Crippen molar-refractivity contribution in [2.24, 2.45) is 0 Å². The zero-order chi connectivity index (χ0) is 46.3. The molecule has 0 aromatic carbocycles. The van der Waals surface area contributed by atoms with Gasteiger partial charge < -0.3 is 130 Å². The third-order valence-corrected chi connectivity index (χ3v) is 10.7. The highest BCUT2D eigenvalue weighted by Crippen LogP contribution is 2.35. The van der Waals surface area contributed by atoms with Crippen molar-refractivity contribution in [1.82, 2.24) is 10.6 Å². The summed E-state index contributed by atoms with van der Waals surface area (Å²) < 4.78 is 46.3. The molecule has 4 fully saturated rings. The van der Waals surface area contributed by atoms with Crippen LogP contribution in [0.1, 0.15) is 13.8 Å². The molecule has 0 saturated carbocycles. The fourth-order valence-electron chi connectivity index (χ4n) is 7.32. The van der Waals surface area contributed by atoms with Crippen LogP contribution < -0.4 is 10.6 Å². The lowest BCUT2D eigenvalue weighted by Gasteiger charge is -2.51. The van der Waals surface area contributed by atoms with Crippen LogP contribution in [0.2, 0.25) is 0 Å². The monoisotopic (exact) mass is 912 g/mol. The first-order valence-corrected chi connectivity index (χ1v) is 19.5. The molecule has 0 aliphatic carbocycles. The van der Waals surface area contributed by atoms with Gasteiger partial charge in [0.25, 0.3) is 0 Å². The summed E-state index contributed by atoms with van der Waals surface area (Å²) in [6, 6.07) is -3.30. The Morgan fingerprint density at radius 1 is 0.516 bits per heavy atom. The summed E-state index contributed by atoms with van der Waals surface area (Å²) in [5, 5.41) is 170. The Kier molecular flexibility index (Phi) is 19.9. The van der Waals surface area contributed by atoms with Crippen LogP contribution in [0.25, 0.3) is 0 Å². The molecule has 0 radical (unpaired) electrons. The lowest BCUT2D eigenvalue weighted by atomic mass is 9.93. The summed E-state index contributed by atoms with van der Waals surface area (Å²) in [6.45, 7) is -3.73. The molecule has 28 heteroatoms. The minimum atomic E-state index is -2.12. The zero-order valence-corrected chi connectivity index (χ0v) is 33.3. The van der Waals surface area contributed by atoms with E-state index in [0.717, 1.165) is 13.8 Å². The Balaban J connectivity index is 1.71. The number of hydrogen-bond acceptors (Lipinski definition) is 26. The number of aliphatic hydroxyl groups is 16. The maximum Gasteiger partial charge on any atom is 0.217 e. The lowest BCUT2D eigenvalue weighted by molar-refractivity contribution is -0.372. The van der Waals surface area contributed by atoms with Gasteiger partial charge in [-0.1, -0.05) is 0 Å². The summed E-state index contributed by atoms with van der Waals surface area (Å²) in [6.07, 6.45) is -41.7. The van der Waals surface area contributed by atoms with Crippen molar-refractivity contribution in [3.05, 3.63) is 0 Å². The van der Waals surface area contributed by atoms with Crippen LogP contribution in [0, 0.1) is 0 Å². The second-order valence-electron chi connectivity index (χ2n) is 15.2. The van der Waals surface area contributed by atoms with Crippen molar-refractivity contribution in [1.29, 1.82) is 0 Å². The maximum absolute atomic E-state index is 12.8. The molecular formula is C34H60N2O26. The second kappa shape index (κ2) is 23.4. The fourth-order valence-corrected chi connectivity index (χ4v) is 7.32. The van der Waals surface area contributed by atoms with Crippen molar-refractivity contribution >= 4 is 11.8 Å². The predicted octanol–water partition coefficient (Wildman–Crippen LogP) is -12.0. The average molecular weight is 913 g/mol. The number of ether oxygens (including phenoxy) is 8. The number of carbonyl (C=O) groups is 2. The molecule has 0 unspecified atom stereocenters. The summed E-state index contributed by atoms with van der Waals surface area (Å²) in [5.74, 6) is -1.59. The van der Waals surface area contributed by atoms with Gasteiger partial charge in [-0.3, -0.25) is 9.59 Å². The minimum Gasteiger partial charge on any atom is -0.394 e. The van der Waals surface area contributed by atoms with Crippen LogP contribution in [0.3, 0.4) is 0 Å². The van der Waals surface area contributed by atoms with Gasteiger partial charge in [-0.2, -0.15) is 0 Å². The largest absolute Gasteiger partial charge is 0.394 e. The Labute approximate surface area is 352 Å². The summed E-state index contributed by atoms with van der Waals surface area (Å²) in [7, 11) is 0. The van der Waals surface area contributed by atoms with E-state index in [1.54, 1.807) is 0 Å². The average Bonchev–Trinajstić information content (AvgIpc) is 3.24. The fraction of sp³-hybridized carbons (Fsp3) is 0.941. The van der Waals surface area contributed by atoms with Crippen molar-refractivity contribution < 1.29 is 129 Å². The first-order valence-electron chi connectivity index (χ1n) is 19.5. The SMILES string of the molecule is CC(=O)N[C@H]1[C@H](O[C@H]2[C@H](O[C@@H]3O[C@H](CO)[C@H](O)[C@H](O)[C@H]3O)[C@@H](NC(C)=O)[C@H](OC[C@H]3O[C@@H](O[C@@H]([C@H](O)[C@@H](O)CO)[C@H](O)CO)[C@H](O)[C@@H](O)[C@H]3O)O[C@@H]2CO)O[C@H](CO)[C@@H](O)[C@@H]1O. The second-order valence-corrected chi connectivity index (χ2v) is 15.2. The number of amides is 2. The van der Waals surface area contributed by atoms with Gasteiger partial charge in [0.1, 0.15) is 122 Å². The van der Waals surface area contributed by atoms with Gasteiger partial charge in [-0.15, -0.1) is 0 Å². The summed E-state index contributed by atoms with van der Waals surface area (Å²) in [4.78, 5) is 24.9. The minimum absolute atomic E-state index is 0.755. The van der Waals surface area contributed by atoms with E-state index in [1.807, 2.05) is 0 Å². The predicted molar refractivity (Wildman–Crippen MR) is 192 cm³/mol. The van der Waals surface area contributed by atoms with E-state index in [4.69, 9.17) is 37.9 Å². The lowest BCUT2D eigenvalue weighted by Crippen LogP contribution is -2.71. The summed E-state index contributed by atoms with van der Waals surface area (Å²) >= 11 is 0. The van der Waals surface area contributed by atoms with Gasteiger partial charge in [-0.25, -0.2) is 0 Å². The van der Waals surface area contributed by atoms with Crippen LogP contribution in [-0.4, -0.2) is 280 Å². The number of nitrogens with one attached hydrogen (secondary N) is 2. The van der Waals surface area contributed by atoms with Gasteiger partial charge in [0.15, 0.2) is 25.2 Å². The topological polar surface area (TPSA) is 456 Å². The molecule has 0 spiro atoms. The van der Waals surface area contributed by atoms with E-state index in [-0.39, 0.29) is 0 Å². The van der Waals surface area contributed by atoms with Crippen molar-refractivity contribution in [3.8, 4) is 0 Å². The molecule has 4 heterocycles. The standard InChI is InChI=1S/C34H60N2O26/c1-9(42)35-17-23(50)20(47)13(5-39)56-32(17)61-29-15(7-41)58-31(18(36-10(2)43)30(29)62-33-26(53)24(51)21(48)14(6-40)57-33)55-8-16-22(49)25(52)27(54)34(59-16)60-28(12(45)4-38)19(46)11(44)3-37/h11-34,37-41,44-54H,3-8H2,1-2H3,(H,35,42)(H,36,43)/t11-,12+,13+,14+,15+,16+,17+,18+,19+,20+,21-,22-,23+,24-,25-,26+,27+,28+,29+,30+,31+,32-,33-,34-/m0/s1. The smallest absolute Gasteiger partial charge is 0.217 e. The molecule has 362 valence electrons. The third kappa shape index (κ3) is 12.1. The Morgan fingerprint density at radius 2 is 0.968 bits per heavy atom. The highest BCUT2D eigenvalue weighted by atomic mass is 16.8. The van der Waals surface area contributed by atoms with Crippen molar-refractivity contribution in [2.45, 2.75) is 161 Å². The van der Waals surface area contributed by atoms with Gasteiger partial charge >= 0.3 is 0 Å². The van der Waals surface area contributed by atoms with Gasteiger partial charge in [-0.05, 0) is 0 Å². The van der Waals surface area contributed by atoms with E-state index in [1.165, 1.54) is 0 Å². The molecule has 0 aromatic rings. The number of aliphatic hydroxyl groups excluding tert-OH is 16. The maximum atomic E-state index is 12.8. The Hall–Kier alpha value is -2.02. The highest BCUT2D eigenvalue weighted by Gasteiger charge is 2.56. The number of hydrogen-bond donors (Lipinski definition) is 18. The van der Waals surface area contributed by atoms with E-state index in [9.17, 15) is 91.3 Å². The molecule has 4 saturated heterocycles. The van der Waals surface area contributed by atoms with E-state index < -0.39 is 199 Å². The van der Waals surface area contributed by atoms with Gasteiger partial charge in [0, 0.05) is 13.8 Å². The molecule has 4 aliphatic rings. The number of rotatable bonds is 19. The van der Waals surface area contributed by atoms with Crippen LogP contribution >= 0.6 is 0 Å². The molecule has 0 aromatic heterocycles. The first-order chi connectivity index (χ1) is 29.2. The Morgan fingerprint density at radius 3 is 1.50 bits per heavy atom. The molecule has 28 nitrogen and oxygen atoms in total. The third-order valence-electron chi connectivity index (χ3n) is 10.7. The summed E-state index contributed by atoms with van der Waals surface area (Å²) in [5.41, 5.74) is 0. The van der Waals surface area contributed by atoms with Crippen LogP contribution in [0.4, 0.5) is 0 Å². The normalized spacial score (nSPS) is 43.6. The van der Waals surface area contributed by atoms with Crippen LogP contribution in [-0.2, 0) is 47.5 Å². The van der Waals surface area contributed by atoms with E-state index >= 15 is 0 Å². The molecule has 62 heavy (non-hydrogen) atoms. The molecule has 24 atom stereocenters. The van der Waals surface area contributed by atoms with Crippen molar-refractivity contribution in [2.75, 3.05) is 39.6 Å². The molecule has 0 bridgehead atoms.